The number of nitrogens with one attached hydrogen (secondary N) is 1. The first-order valence-electron chi connectivity index (χ1n) is 10.5. The molecule has 2 aliphatic heterocycles. The highest BCUT2D eigenvalue weighted by Crippen LogP contribution is 2.38. The molecule has 2 aliphatic rings. The van der Waals surface area contributed by atoms with E-state index in [1.165, 1.54) is 18.6 Å². The van der Waals surface area contributed by atoms with Gasteiger partial charge in [-0.15, -0.1) is 10.2 Å². The molecule has 29 heavy (non-hydrogen) atoms. The molecule has 156 valence electrons. The quantitative estimate of drug-likeness (QED) is 0.839. The van der Waals surface area contributed by atoms with Crippen LogP contribution in [-0.4, -0.2) is 45.2 Å². The Hall–Kier alpha value is -2.28. The molecule has 3 heterocycles. The highest BCUT2D eigenvalue weighted by molar-refractivity contribution is 5.90. The number of hydrogen-bond acceptors (Lipinski definition) is 4. The largest absolute Gasteiger partial charge is 0.345 e. The Labute approximate surface area is 171 Å². The maximum absolute atomic E-state index is 13.0. The molecule has 2 aromatic rings. The average molecular weight is 400 g/mol. The van der Waals surface area contributed by atoms with Crippen LogP contribution in [0.3, 0.4) is 0 Å². The summed E-state index contributed by atoms with van der Waals surface area (Å²) in [5, 5.41) is 11.5. The normalized spacial score (nSPS) is 21.7. The number of aromatic nitrogens is 3. The molecule has 1 N–H and O–H groups in total. The van der Waals surface area contributed by atoms with Gasteiger partial charge in [0, 0.05) is 32.1 Å². The molecular weight excluding hydrogens is 369 g/mol. The summed E-state index contributed by atoms with van der Waals surface area (Å²) in [6.45, 7) is 11.2. The van der Waals surface area contributed by atoms with E-state index in [9.17, 15) is 9.18 Å². The lowest BCUT2D eigenvalue weighted by Gasteiger charge is -2.25. The Morgan fingerprint density at radius 1 is 1.21 bits per heavy atom. The van der Waals surface area contributed by atoms with Crippen molar-refractivity contribution in [2.24, 2.45) is 11.3 Å². The summed E-state index contributed by atoms with van der Waals surface area (Å²) in [6, 6.07) is 6.13. The molecule has 0 spiro atoms. The van der Waals surface area contributed by atoms with Crippen molar-refractivity contribution in [1.29, 1.82) is 0 Å². The second-order valence-electron chi connectivity index (χ2n) is 9.57. The Kier molecular flexibility index (Phi) is 5.42. The van der Waals surface area contributed by atoms with Gasteiger partial charge in [0.05, 0.1) is 0 Å². The van der Waals surface area contributed by atoms with Crippen molar-refractivity contribution in [1.82, 2.24) is 25.0 Å². The van der Waals surface area contributed by atoms with E-state index in [4.69, 9.17) is 0 Å². The molecule has 7 heteroatoms. The standard InChI is InChI=1S/C22H30FN5O/c1-22(2,3)9-11-27-13-16-8-10-28-19(18(16)14-27)25-26-20(28)21(29)24-12-15-4-6-17(23)7-5-15/h4-7,16,18H,8-14H2,1-3H3,(H,24,29)/t16-,18-/m0/s1. The number of carbonyl (C=O) groups is 1. The Balaban J connectivity index is 1.40. The van der Waals surface area contributed by atoms with Gasteiger partial charge in [0.2, 0.25) is 5.82 Å². The maximum atomic E-state index is 13.0. The number of fused-ring (bicyclic) bond motifs is 3. The van der Waals surface area contributed by atoms with Crippen LogP contribution in [0.4, 0.5) is 4.39 Å². The van der Waals surface area contributed by atoms with Crippen molar-refractivity contribution < 1.29 is 9.18 Å². The second kappa shape index (κ2) is 7.86. The molecule has 1 saturated heterocycles. The van der Waals surface area contributed by atoms with E-state index in [2.05, 4.69) is 41.2 Å². The zero-order valence-corrected chi connectivity index (χ0v) is 17.5. The minimum atomic E-state index is -0.283. The monoisotopic (exact) mass is 399 g/mol. The van der Waals surface area contributed by atoms with Crippen molar-refractivity contribution in [3.8, 4) is 0 Å². The number of hydrogen-bond donors (Lipinski definition) is 1. The summed E-state index contributed by atoms with van der Waals surface area (Å²) in [7, 11) is 0. The fourth-order valence-electron chi connectivity index (χ4n) is 4.36. The molecule has 0 unspecified atom stereocenters. The number of nitrogens with zero attached hydrogens (tertiary/aromatic N) is 4. The van der Waals surface area contributed by atoms with Crippen molar-refractivity contribution in [2.45, 2.75) is 52.6 Å². The van der Waals surface area contributed by atoms with Gasteiger partial charge < -0.3 is 14.8 Å². The fraction of sp³-hybridized carbons (Fsp3) is 0.591. The molecule has 4 rings (SSSR count). The first-order chi connectivity index (χ1) is 13.8. The summed E-state index contributed by atoms with van der Waals surface area (Å²) in [5.74, 6) is 1.78. The molecule has 0 radical (unpaired) electrons. The van der Waals surface area contributed by atoms with E-state index in [1.54, 1.807) is 12.1 Å². The van der Waals surface area contributed by atoms with Gasteiger partial charge in [-0.2, -0.15) is 0 Å². The number of likely N-dealkylation sites (tertiary alicyclic amines) is 1. The smallest absolute Gasteiger partial charge is 0.289 e. The van der Waals surface area contributed by atoms with Crippen molar-refractivity contribution in [3.63, 3.8) is 0 Å². The van der Waals surface area contributed by atoms with Gasteiger partial charge >= 0.3 is 0 Å². The van der Waals surface area contributed by atoms with Crippen LogP contribution in [0.2, 0.25) is 0 Å². The molecule has 1 amide bonds. The van der Waals surface area contributed by atoms with Gasteiger partial charge in [0.25, 0.3) is 5.91 Å². The highest BCUT2D eigenvalue weighted by atomic mass is 19.1. The fourth-order valence-corrected chi connectivity index (χ4v) is 4.36. The highest BCUT2D eigenvalue weighted by Gasteiger charge is 2.40. The predicted molar refractivity (Wildman–Crippen MR) is 109 cm³/mol. The SMILES string of the molecule is CC(C)(C)CCN1C[C@@H]2CCn3c(C(=O)NCc4ccc(F)cc4)nnc3[C@H]2C1. The Bertz CT molecular complexity index is 870. The van der Waals surface area contributed by atoms with Crippen molar-refractivity contribution in [2.75, 3.05) is 19.6 Å². The van der Waals surface area contributed by atoms with E-state index in [0.717, 1.165) is 44.0 Å². The number of amides is 1. The van der Waals surface area contributed by atoms with Crippen molar-refractivity contribution in [3.05, 3.63) is 47.3 Å². The maximum Gasteiger partial charge on any atom is 0.289 e. The zero-order valence-electron chi connectivity index (χ0n) is 17.5. The van der Waals surface area contributed by atoms with Crippen LogP contribution < -0.4 is 5.32 Å². The van der Waals surface area contributed by atoms with Crippen LogP contribution in [0.25, 0.3) is 0 Å². The molecule has 6 nitrogen and oxygen atoms in total. The third-order valence-corrected chi connectivity index (χ3v) is 6.10. The van der Waals surface area contributed by atoms with Crippen LogP contribution in [-0.2, 0) is 13.1 Å². The molecule has 0 aliphatic carbocycles. The third kappa shape index (κ3) is 4.50. The molecule has 0 bridgehead atoms. The molecule has 2 atom stereocenters. The molecule has 1 fully saturated rings. The van der Waals surface area contributed by atoms with Gasteiger partial charge in [0.1, 0.15) is 11.6 Å². The first kappa shape index (κ1) is 20.0. The van der Waals surface area contributed by atoms with Crippen LogP contribution in [0, 0.1) is 17.2 Å². The average Bonchev–Trinajstić information content (AvgIpc) is 3.28. The van der Waals surface area contributed by atoms with Gasteiger partial charge in [0.15, 0.2) is 0 Å². The first-order valence-corrected chi connectivity index (χ1v) is 10.5. The molecular formula is C22H30FN5O. The number of rotatable bonds is 5. The van der Waals surface area contributed by atoms with Gasteiger partial charge in [-0.25, -0.2) is 4.39 Å². The summed E-state index contributed by atoms with van der Waals surface area (Å²) in [4.78, 5) is 15.2. The van der Waals surface area contributed by atoms with Crippen LogP contribution in [0.15, 0.2) is 24.3 Å². The van der Waals surface area contributed by atoms with E-state index in [0.29, 0.717) is 29.6 Å². The Morgan fingerprint density at radius 2 is 1.97 bits per heavy atom. The molecule has 0 saturated carbocycles. The van der Waals surface area contributed by atoms with Crippen LogP contribution >= 0.6 is 0 Å². The topological polar surface area (TPSA) is 63.1 Å². The van der Waals surface area contributed by atoms with E-state index in [1.807, 2.05) is 4.57 Å². The summed E-state index contributed by atoms with van der Waals surface area (Å²) in [5.41, 5.74) is 1.19. The summed E-state index contributed by atoms with van der Waals surface area (Å²) >= 11 is 0. The van der Waals surface area contributed by atoms with E-state index < -0.39 is 0 Å². The van der Waals surface area contributed by atoms with Crippen molar-refractivity contribution >= 4 is 5.91 Å². The lowest BCUT2D eigenvalue weighted by atomic mass is 9.89. The molecule has 1 aromatic carbocycles. The van der Waals surface area contributed by atoms with E-state index >= 15 is 0 Å². The predicted octanol–water partition coefficient (Wildman–Crippen LogP) is 3.20. The van der Waals surface area contributed by atoms with Gasteiger partial charge in [-0.1, -0.05) is 32.9 Å². The minimum absolute atomic E-state index is 0.228. The minimum Gasteiger partial charge on any atom is -0.345 e. The number of benzene rings is 1. The van der Waals surface area contributed by atoms with Gasteiger partial charge in [-0.05, 0) is 48.4 Å². The number of halogens is 1. The lowest BCUT2D eigenvalue weighted by molar-refractivity contribution is 0.0933. The third-order valence-electron chi connectivity index (χ3n) is 6.10. The zero-order chi connectivity index (χ0) is 20.6. The molecule has 1 aromatic heterocycles. The summed E-state index contributed by atoms with van der Waals surface area (Å²) < 4.78 is 15.0. The second-order valence-corrected chi connectivity index (χ2v) is 9.57. The number of carbonyl (C=O) groups excluding carboxylic acids is 1. The van der Waals surface area contributed by atoms with Crippen LogP contribution in [0.1, 0.15) is 61.5 Å². The Morgan fingerprint density at radius 3 is 2.69 bits per heavy atom. The van der Waals surface area contributed by atoms with Crippen LogP contribution in [0.5, 0.6) is 0 Å². The lowest BCUT2D eigenvalue weighted by Crippen LogP contribution is -2.30. The van der Waals surface area contributed by atoms with E-state index in [-0.39, 0.29) is 11.7 Å². The van der Waals surface area contributed by atoms with Gasteiger partial charge in [-0.3, -0.25) is 4.79 Å². The summed E-state index contributed by atoms with van der Waals surface area (Å²) in [6.07, 6.45) is 2.23.